The second kappa shape index (κ2) is 16.6. The van der Waals surface area contributed by atoms with Crippen molar-refractivity contribution in [1.82, 2.24) is 4.98 Å². The molecule has 1 aromatic heterocycles. The van der Waals surface area contributed by atoms with Crippen molar-refractivity contribution in [3.63, 3.8) is 0 Å². The minimum absolute atomic E-state index is 0. The largest absolute Gasteiger partial charge is 0.512 e. The Hall–Kier alpha value is -3.85. The Balaban J connectivity index is 0.000000295. The zero-order valence-corrected chi connectivity index (χ0v) is 29.7. The molecule has 0 saturated carbocycles. The number of hydrogen-bond acceptors (Lipinski definition) is 3. The van der Waals surface area contributed by atoms with Gasteiger partial charge in [0.05, 0.1) is 5.76 Å². The average Bonchev–Trinajstić information content (AvgIpc) is 3.01. The number of aryl methyl sites for hydroxylation is 4. The molecule has 0 unspecified atom stereocenters. The van der Waals surface area contributed by atoms with Gasteiger partial charge in [0.25, 0.3) is 0 Å². The van der Waals surface area contributed by atoms with E-state index in [1.165, 1.54) is 50.2 Å². The number of carbonyl (C=O) groups excluding carboxylic acids is 1. The minimum atomic E-state index is 0. The maximum atomic E-state index is 11.2. The van der Waals surface area contributed by atoms with Crippen molar-refractivity contribution in [3.8, 4) is 22.4 Å². The number of carbonyl (C=O) groups is 1. The number of allylic oxidation sites excluding steroid dienone is 2. The van der Waals surface area contributed by atoms with Crippen LogP contribution in [0.1, 0.15) is 62.8 Å². The number of nitrogens with zero attached hydrogens (tertiary/aromatic N) is 1. The van der Waals surface area contributed by atoms with E-state index >= 15 is 0 Å². The van der Waals surface area contributed by atoms with Crippen LogP contribution in [0, 0.1) is 17.9 Å². The molecule has 9 rings (SSSR count). The fourth-order valence-corrected chi connectivity index (χ4v) is 5.94. The molecule has 1 heterocycles. The second-order valence-corrected chi connectivity index (χ2v) is 13.0. The molecule has 0 atom stereocenters. The van der Waals surface area contributed by atoms with Gasteiger partial charge in [-0.05, 0) is 87.9 Å². The van der Waals surface area contributed by atoms with Crippen LogP contribution in [0.3, 0.4) is 0 Å². The van der Waals surface area contributed by atoms with Crippen molar-refractivity contribution in [1.29, 1.82) is 0 Å². The van der Waals surface area contributed by atoms with Gasteiger partial charge < -0.3 is 10.1 Å². The van der Waals surface area contributed by atoms with Crippen LogP contribution in [0.25, 0.3) is 33.2 Å². The Morgan fingerprint density at radius 3 is 2.17 bits per heavy atom. The van der Waals surface area contributed by atoms with Crippen molar-refractivity contribution < 1.29 is 30.0 Å². The number of fused-ring (bicyclic) bond motifs is 1. The first kappa shape index (κ1) is 35.0. The summed E-state index contributed by atoms with van der Waals surface area (Å²) in [6.07, 6.45) is 8.59. The maximum absolute atomic E-state index is 11.2. The van der Waals surface area contributed by atoms with E-state index in [0.29, 0.717) is 24.7 Å². The molecule has 0 aliphatic heterocycles. The zero-order chi connectivity index (χ0) is 31.8. The van der Waals surface area contributed by atoms with Crippen molar-refractivity contribution in [2.45, 2.75) is 66.2 Å². The average molecular weight is 787 g/mol. The van der Waals surface area contributed by atoms with Gasteiger partial charge in [0, 0.05) is 45.2 Å². The Kier molecular flexibility index (Phi) is 12.7. The van der Waals surface area contributed by atoms with E-state index in [-0.39, 0.29) is 31.6 Å². The number of aliphatic hydroxyl groups is 1. The van der Waals surface area contributed by atoms with Crippen molar-refractivity contribution in [2.24, 2.45) is 11.8 Å². The molecule has 4 aliphatic rings. The number of ketones is 1. The molecule has 4 aromatic carbocycles. The third-order valence-corrected chi connectivity index (χ3v) is 8.18. The summed E-state index contributed by atoms with van der Waals surface area (Å²) in [6, 6.07) is 36.7. The molecule has 46 heavy (non-hydrogen) atoms. The predicted octanol–water partition coefficient (Wildman–Crippen LogP) is 10.3. The van der Waals surface area contributed by atoms with Crippen LogP contribution in [0.2, 0.25) is 0 Å². The van der Waals surface area contributed by atoms with Gasteiger partial charge in [0.2, 0.25) is 0 Å². The van der Waals surface area contributed by atoms with Gasteiger partial charge in [-0.3, -0.25) is 4.79 Å². The van der Waals surface area contributed by atoms with Gasteiger partial charge in [-0.1, -0.05) is 94.4 Å². The third-order valence-electron chi connectivity index (χ3n) is 8.18. The Labute approximate surface area is 288 Å². The molecule has 1 N–H and O–H groups in total. The molecule has 4 aliphatic carbocycles. The molecule has 0 amide bonds. The molecule has 4 heteroatoms. The summed E-state index contributed by atoms with van der Waals surface area (Å²) in [7, 11) is 0. The van der Waals surface area contributed by atoms with Crippen LogP contribution >= 0.6 is 0 Å². The molecule has 1 radical (unpaired) electrons. The number of aromatic nitrogens is 1. The van der Waals surface area contributed by atoms with E-state index in [0.717, 1.165) is 36.9 Å². The van der Waals surface area contributed by atoms with Crippen molar-refractivity contribution in [2.75, 3.05) is 0 Å². The summed E-state index contributed by atoms with van der Waals surface area (Å²) in [5.74, 6) is 0.979. The fraction of sp³-hybridized carbons (Fsp3) is 0.286. The standard InChI is InChI=1S/C31H24N.C11H20O2.Ir/c1-2-7-29-25(4-1)18-19-32-31(29)28-6-3-5-27(21-28)30-20-24-13-12-22-8-10-23(11-9-22)14-16-26(30)17-15-24;1-8(2)5-10(12)7-11(13)6-9(3)4;/h1-5,7-11,15,17-21H,12-14,16H2;7-9,12H,5-6H2,1-4H3;/q-1;;/b;10-7-;. The number of hydrogen-bond donors (Lipinski definition) is 1. The van der Waals surface area contributed by atoms with E-state index in [1.54, 1.807) is 0 Å². The monoisotopic (exact) mass is 787 g/mol. The zero-order valence-electron chi connectivity index (χ0n) is 27.3. The van der Waals surface area contributed by atoms with Crippen LogP contribution in [0.4, 0.5) is 0 Å². The Bertz CT molecular complexity index is 1780. The van der Waals surface area contributed by atoms with Gasteiger partial charge in [0.1, 0.15) is 0 Å². The molecule has 5 aromatic rings. The summed E-state index contributed by atoms with van der Waals surface area (Å²) < 4.78 is 0. The summed E-state index contributed by atoms with van der Waals surface area (Å²) in [4.78, 5) is 15.9. The maximum Gasteiger partial charge on any atom is 0.159 e. The normalized spacial score (nSPS) is 12.7. The molecule has 3 nitrogen and oxygen atoms in total. The first-order valence-electron chi connectivity index (χ1n) is 16.2. The van der Waals surface area contributed by atoms with Crippen LogP contribution in [0.5, 0.6) is 0 Å². The molecular weight excluding hydrogens is 743 g/mol. The van der Waals surface area contributed by atoms with E-state index < -0.39 is 0 Å². The molecule has 0 fully saturated rings. The summed E-state index contributed by atoms with van der Waals surface area (Å²) >= 11 is 0. The van der Waals surface area contributed by atoms with Gasteiger partial charge in [-0.2, -0.15) is 0 Å². The summed E-state index contributed by atoms with van der Waals surface area (Å²) in [5.41, 5.74) is 10.3. The SMILES string of the molecule is CC(C)CC(=O)/C=C(\O)CC(C)C.[Ir].[c-]1ccc(-c2cc3ccc2CCc2ccc(cc2)CC3)cc1-c1nccc2ccccc12. The minimum Gasteiger partial charge on any atom is -0.512 e. The Morgan fingerprint density at radius 1 is 0.804 bits per heavy atom. The number of rotatable bonds is 7. The van der Waals surface area contributed by atoms with Crippen LogP contribution < -0.4 is 0 Å². The summed E-state index contributed by atoms with van der Waals surface area (Å²) in [6.45, 7) is 8.00. The van der Waals surface area contributed by atoms with Crippen molar-refractivity contribution >= 4 is 16.6 Å². The summed E-state index contributed by atoms with van der Waals surface area (Å²) in [5, 5.41) is 11.7. The topological polar surface area (TPSA) is 50.2 Å². The number of aliphatic hydroxyl groups excluding tert-OH is 1. The molecule has 4 bridgehead atoms. The number of benzene rings is 4. The van der Waals surface area contributed by atoms with E-state index in [1.807, 2.05) is 40.0 Å². The van der Waals surface area contributed by atoms with E-state index in [4.69, 9.17) is 4.98 Å². The fourth-order valence-electron chi connectivity index (χ4n) is 5.94. The predicted molar refractivity (Wildman–Crippen MR) is 187 cm³/mol. The second-order valence-electron chi connectivity index (χ2n) is 13.0. The van der Waals surface area contributed by atoms with Crippen LogP contribution in [-0.4, -0.2) is 15.9 Å². The molecular formula is C42H44IrNO2-. The van der Waals surface area contributed by atoms with Gasteiger partial charge >= 0.3 is 0 Å². The Morgan fingerprint density at radius 2 is 1.46 bits per heavy atom. The van der Waals surface area contributed by atoms with Gasteiger partial charge in [-0.15, -0.1) is 35.4 Å². The van der Waals surface area contributed by atoms with E-state index in [2.05, 4.69) is 91.0 Å². The van der Waals surface area contributed by atoms with Crippen LogP contribution in [0.15, 0.2) is 109 Å². The number of pyridine rings is 1. The van der Waals surface area contributed by atoms with Gasteiger partial charge in [-0.25, -0.2) is 0 Å². The van der Waals surface area contributed by atoms with Gasteiger partial charge in [0.15, 0.2) is 5.78 Å². The molecule has 0 saturated heterocycles. The van der Waals surface area contributed by atoms with Crippen LogP contribution in [-0.2, 0) is 50.6 Å². The third kappa shape index (κ3) is 9.58. The first-order chi connectivity index (χ1) is 21.7. The van der Waals surface area contributed by atoms with Crippen molar-refractivity contribution in [3.05, 3.63) is 137 Å². The first-order valence-corrected chi connectivity index (χ1v) is 16.2. The molecule has 0 spiro atoms. The quantitative estimate of drug-likeness (QED) is 0.102. The van der Waals surface area contributed by atoms with E-state index in [9.17, 15) is 9.90 Å². The smallest absolute Gasteiger partial charge is 0.159 e. The molecule has 239 valence electrons.